The number of fused-ring (bicyclic) bond motifs is 1. The third kappa shape index (κ3) is 3.36. The minimum absolute atomic E-state index is 0.0229. The third-order valence-electron chi connectivity index (χ3n) is 4.65. The Morgan fingerprint density at radius 3 is 2.54 bits per heavy atom. The van der Waals surface area contributed by atoms with Crippen molar-refractivity contribution in [2.45, 2.75) is 13.1 Å². The average Bonchev–Trinajstić information content (AvgIpc) is 2.99. The Labute approximate surface area is 150 Å². The summed E-state index contributed by atoms with van der Waals surface area (Å²) in [6.45, 7) is 3.78. The number of nitrogens with zero attached hydrogens (tertiary/aromatic N) is 6. The first-order chi connectivity index (χ1) is 12.7. The van der Waals surface area contributed by atoms with E-state index in [1.54, 1.807) is 35.6 Å². The lowest BCUT2D eigenvalue weighted by Crippen LogP contribution is -2.49. The molecule has 0 aliphatic carbocycles. The molecule has 4 heterocycles. The largest absolute Gasteiger partial charge is 0.350 e. The normalized spacial score (nSPS) is 15.5. The van der Waals surface area contributed by atoms with Crippen molar-refractivity contribution in [2.75, 3.05) is 26.2 Å². The zero-order valence-corrected chi connectivity index (χ0v) is 14.4. The number of piperazine rings is 1. The molecule has 0 atom stereocenters. The van der Waals surface area contributed by atoms with E-state index in [0.717, 1.165) is 19.6 Å². The van der Waals surface area contributed by atoms with E-state index in [0.29, 0.717) is 18.7 Å². The van der Waals surface area contributed by atoms with Crippen LogP contribution >= 0.6 is 0 Å². The summed E-state index contributed by atoms with van der Waals surface area (Å²) in [5, 5.41) is 4.22. The van der Waals surface area contributed by atoms with E-state index in [9.17, 15) is 9.59 Å². The molecular formula is C18H20N6O2. The Balaban J connectivity index is 1.36. The minimum Gasteiger partial charge on any atom is -0.339 e. The van der Waals surface area contributed by atoms with Crippen LogP contribution in [0.25, 0.3) is 5.65 Å². The smallest absolute Gasteiger partial charge is 0.339 e. The van der Waals surface area contributed by atoms with Gasteiger partial charge in [-0.1, -0.05) is 6.07 Å². The van der Waals surface area contributed by atoms with Crippen LogP contribution in [0.2, 0.25) is 0 Å². The first-order valence-electron chi connectivity index (χ1n) is 8.64. The Bertz CT molecular complexity index is 956. The highest BCUT2D eigenvalue weighted by atomic mass is 16.2. The van der Waals surface area contributed by atoms with E-state index in [2.05, 4.69) is 15.0 Å². The summed E-state index contributed by atoms with van der Waals surface area (Å²) >= 11 is 0. The topological polar surface area (TPSA) is 75.7 Å². The zero-order valence-electron chi connectivity index (χ0n) is 14.4. The monoisotopic (exact) mass is 352 g/mol. The molecule has 1 amide bonds. The predicted octanol–water partition coefficient (Wildman–Crippen LogP) is 0.235. The van der Waals surface area contributed by atoms with Crippen LogP contribution in [-0.2, 0) is 17.9 Å². The number of carbonyl (C=O) groups excluding carboxylic acids is 1. The molecule has 0 unspecified atom stereocenters. The van der Waals surface area contributed by atoms with Crippen LogP contribution in [0, 0.1) is 0 Å². The molecule has 0 saturated carbocycles. The van der Waals surface area contributed by atoms with E-state index >= 15 is 0 Å². The number of pyridine rings is 2. The van der Waals surface area contributed by atoms with E-state index < -0.39 is 0 Å². The number of rotatable bonds is 4. The molecule has 1 saturated heterocycles. The predicted molar refractivity (Wildman–Crippen MR) is 95.5 cm³/mol. The number of carbonyl (C=O) groups is 1. The molecule has 1 fully saturated rings. The van der Waals surface area contributed by atoms with Crippen molar-refractivity contribution < 1.29 is 4.79 Å². The number of amides is 1. The quantitative estimate of drug-likeness (QED) is 0.672. The van der Waals surface area contributed by atoms with Crippen LogP contribution in [0.5, 0.6) is 0 Å². The molecule has 0 aromatic carbocycles. The first-order valence-corrected chi connectivity index (χ1v) is 8.64. The number of hydrogen-bond acceptors (Lipinski definition) is 5. The van der Waals surface area contributed by atoms with Gasteiger partial charge in [-0.25, -0.2) is 9.48 Å². The maximum atomic E-state index is 12.6. The van der Waals surface area contributed by atoms with E-state index in [-0.39, 0.29) is 18.1 Å². The molecule has 8 heteroatoms. The van der Waals surface area contributed by atoms with Gasteiger partial charge in [-0.3, -0.25) is 19.1 Å². The average molecular weight is 352 g/mol. The lowest BCUT2D eigenvalue weighted by molar-refractivity contribution is -0.133. The molecular weight excluding hydrogens is 332 g/mol. The summed E-state index contributed by atoms with van der Waals surface area (Å²) in [5.41, 5.74) is 1.48. The van der Waals surface area contributed by atoms with Crippen molar-refractivity contribution in [2.24, 2.45) is 0 Å². The molecule has 4 rings (SSSR count). The zero-order chi connectivity index (χ0) is 17.9. The molecule has 134 valence electrons. The lowest BCUT2D eigenvalue weighted by Gasteiger charge is -2.34. The molecule has 8 nitrogen and oxygen atoms in total. The molecule has 0 radical (unpaired) electrons. The summed E-state index contributed by atoms with van der Waals surface area (Å²) in [5.74, 6) is -0.0703. The van der Waals surface area contributed by atoms with Crippen molar-refractivity contribution in [1.82, 2.24) is 29.0 Å². The van der Waals surface area contributed by atoms with Crippen LogP contribution < -0.4 is 5.69 Å². The Morgan fingerprint density at radius 1 is 1.04 bits per heavy atom. The fourth-order valence-electron chi connectivity index (χ4n) is 3.20. The summed E-state index contributed by atoms with van der Waals surface area (Å²) in [6.07, 6.45) is 5.24. The number of aromatic nitrogens is 4. The Hall–Kier alpha value is -3.00. The van der Waals surface area contributed by atoms with Gasteiger partial charge in [0.1, 0.15) is 6.54 Å². The van der Waals surface area contributed by atoms with Crippen LogP contribution in [-0.4, -0.2) is 61.1 Å². The molecule has 0 N–H and O–H groups in total. The fraction of sp³-hybridized carbons (Fsp3) is 0.333. The second kappa shape index (κ2) is 7.09. The van der Waals surface area contributed by atoms with Crippen LogP contribution in [0.3, 0.4) is 0 Å². The molecule has 3 aromatic heterocycles. The molecule has 3 aromatic rings. The van der Waals surface area contributed by atoms with Gasteiger partial charge >= 0.3 is 5.69 Å². The van der Waals surface area contributed by atoms with Crippen molar-refractivity contribution in [1.29, 1.82) is 0 Å². The van der Waals surface area contributed by atoms with Gasteiger partial charge in [0.05, 0.1) is 0 Å². The number of hydrogen-bond donors (Lipinski definition) is 0. The Kier molecular flexibility index (Phi) is 4.49. The van der Waals surface area contributed by atoms with Crippen molar-refractivity contribution in [3.63, 3.8) is 0 Å². The van der Waals surface area contributed by atoms with Gasteiger partial charge in [0.15, 0.2) is 5.65 Å². The van der Waals surface area contributed by atoms with Gasteiger partial charge in [0.25, 0.3) is 0 Å². The molecule has 0 spiro atoms. The standard InChI is InChI=1S/C18H20N6O2/c25-17(14-24-18(26)23-8-2-1-3-16(23)20-24)22-11-9-21(10-12-22)13-15-4-6-19-7-5-15/h1-8H,9-14H2. The van der Waals surface area contributed by atoms with Crippen LogP contribution in [0.1, 0.15) is 5.56 Å². The highest BCUT2D eigenvalue weighted by Gasteiger charge is 2.22. The molecule has 0 bridgehead atoms. The minimum atomic E-state index is -0.287. The first kappa shape index (κ1) is 16.5. The fourth-order valence-corrected chi connectivity index (χ4v) is 3.20. The van der Waals surface area contributed by atoms with Gasteiger partial charge in [-0.2, -0.15) is 0 Å². The highest BCUT2D eigenvalue weighted by Crippen LogP contribution is 2.08. The van der Waals surface area contributed by atoms with Gasteiger partial charge in [0, 0.05) is 51.3 Å². The summed E-state index contributed by atoms with van der Waals surface area (Å²) in [4.78, 5) is 33.0. The molecule has 26 heavy (non-hydrogen) atoms. The second-order valence-electron chi connectivity index (χ2n) is 6.38. The summed E-state index contributed by atoms with van der Waals surface area (Å²) in [6, 6.07) is 9.35. The molecule has 1 aliphatic rings. The maximum Gasteiger partial charge on any atom is 0.350 e. The second-order valence-corrected chi connectivity index (χ2v) is 6.38. The Morgan fingerprint density at radius 2 is 1.81 bits per heavy atom. The van der Waals surface area contributed by atoms with Crippen LogP contribution in [0.15, 0.2) is 53.7 Å². The van der Waals surface area contributed by atoms with Crippen molar-refractivity contribution >= 4 is 11.6 Å². The maximum absolute atomic E-state index is 12.6. The van der Waals surface area contributed by atoms with E-state index in [1.807, 2.05) is 18.2 Å². The van der Waals surface area contributed by atoms with Gasteiger partial charge in [-0.05, 0) is 29.8 Å². The SMILES string of the molecule is O=C(Cn1nc2ccccn2c1=O)N1CCN(Cc2ccncc2)CC1. The van der Waals surface area contributed by atoms with E-state index in [1.165, 1.54) is 14.6 Å². The highest BCUT2D eigenvalue weighted by molar-refractivity contribution is 5.76. The third-order valence-corrected chi connectivity index (χ3v) is 4.65. The molecule has 1 aliphatic heterocycles. The van der Waals surface area contributed by atoms with Gasteiger partial charge < -0.3 is 4.90 Å². The lowest BCUT2D eigenvalue weighted by atomic mass is 10.2. The van der Waals surface area contributed by atoms with E-state index in [4.69, 9.17) is 0 Å². The van der Waals surface area contributed by atoms with Crippen molar-refractivity contribution in [3.05, 3.63) is 65.0 Å². The summed E-state index contributed by atoms with van der Waals surface area (Å²) in [7, 11) is 0. The summed E-state index contributed by atoms with van der Waals surface area (Å²) < 4.78 is 2.68. The van der Waals surface area contributed by atoms with Gasteiger partial charge in [0.2, 0.25) is 5.91 Å². The van der Waals surface area contributed by atoms with Crippen LogP contribution in [0.4, 0.5) is 0 Å². The van der Waals surface area contributed by atoms with Gasteiger partial charge in [-0.15, -0.1) is 5.10 Å². The van der Waals surface area contributed by atoms with Crippen molar-refractivity contribution in [3.8, 4) is 0 Å².